The van der Waals surface area contributed by atoms with Crippen molar-refractivity contribution >= 4 is 27.3 Å². The predicted octanol–water partition coefficient (Wildman–Crippen LogP) is 2.70. The first-order valence-electron chi connectivity index (χ1n) is 9.99. The first-order valence-corrected chi connectivity index (χ1v) is 11.4. The number of morpholine rings is 1. The van der Waals surface area contributed by atoms with Crippen LogP contribution in [-0.2, 0) is 14.8 Å². The highest BCUT2D eigenvalue weighted by Crippen LogP contribution is 2.31. The van der Waals surface area contributed by atoms with Crippen LogP contribution in [0, 0.1) is 5.82 Å². The van der Waals surface area contributed by atoms with Crippen LogP contribution in [0.4, 0.5) is 15.8 Å². The standard InChI is InChI=1S/C21H24FN3O4S/c22-18-7-4-8-19(24-9-1-2-10-24)20(18)23-21(26)16-5-3-6-17(15-16)30(27,28)25-11-13-29-14-12-25/h3-8,15H,1-2,9-14H2,(H,23,26). The summed E-state index contributed by atoms with van der Waals surface area (Å²) in [6.45, 7) is 2.83. The zero-order valence-electron chi connectivity index (χ0n) is 16.5. The number of sulfonamides is 1. The van der Waals surface area contributed by atoms with Crippen LogP contribution in [0.25, 0.3) is 0 Å². The van der Waals surface area contributed by atoms with Crippen molar-refractivity contribution < 1.29 is 22.3 Å². The van der Waals surface area contributed by atoms with E-state index in [1.807, 2.05) is 4.90 Å². The highest BCUT2D eigenvalue weighted by atomic mass is 32.2. The van der Waals surface area contributed by atoms with E-state index in [0.717, 1.165) is 25.9 Å². The van der Waals surface area contributed by atoms with Gasteiger partial charge in [-0.1, -0.05) is 12.1 Å². The lowest BCUT2D eigenvalue weighted by Gasteiger charge is -2.26. The fourth-order valence-corrected chi connectivity index (χ4v) is 5.23. The number of carbonyl (C=O) groups is 1. The van der Waals surface area contributed by atoms with Crippen LogP contribution < -0.4 is 10.2 Å². The minimum atomic E-state index is -3.73. The number of nitrogens with one attached hydrogen (secondary N) is 1. The van der Waals surface area contributed by atoms with Gasteiger partial charge in [-0.3, -0.25) is 4.79 Å². The van der Waals surface area contributed by atoms with Crippen molar-refractivity contribution in [3.05, 3.63) is 53.8 Å². The number of para-hydroxylation sites is 1. The van der Waals surface area contributed by atoms with Gasteiger partial charge in [-0.25, -0.2) is 12.8 Å². The molecule has 4 rings (SSSR count). The zero-order chi connectivity index (χ0) is 21.1. The van der Waals surface area contributed by atoms with E-state index < -0.39 is 21.7 Å². The Morgan fingerprint density at radius 2 is 1.70 bits per heavy atom. The van der Waals surface area contributed by atoms with Crippen molar-refractivity contribution in [2.75, 3.05) is 49.6 Å². The maximum Gasteiger partial charge on any atom is 0.255 e. The van der Waals surface area contributed by atoms with E-state index in [9.17, 15) is 17.6 Å². The molecule has 2 aliphatic rings. The molecule has 0 radical (unpaired) electrons. The Hall–Kier alpha value is -2.49. The lowest BCUT2D eigenvalue weighted by molar-refractivity contribution is 0.0730. The van der Waals surface area contributed by atoms with Gasteiger partial charge < -0.3 is 15.0 Å². The molecule has 30 heavy (non-hydrogen) atoms. The number of benzene rings is 2. The summed E-state index contributed by atoms with van der Waals surface area (Å²) in [5.74, 6) is -1.08. The molecule has 0 spiro atoms. The molecule has 0 bridgehead atoms. The highest BCUT2D eigenvalue weighted by molar-refractivity contribution is 7.89. The molecular weight excluding hydrogens is 409 g/mol. The van der Waals surface area contributed by atoms with E-state index >= 15 is 0 Å². The Balaban J connectivity index is 1.59. The third kappa shape index (κ3) is 4.19. The van der Waals surface area contributed by atoms with E-state index in [4.69, 9.17) is 4.74 Å². The predicted molar refractivity (Wildman–Crippen MR) is 112 cm³/mol. The molecule has 160 valence electrons. The monoisotopic (exact) mass is 433 g/mol. The molecule has 0 atom stereocenters. The molecule has 2 aliphatic heterocycles. The molecule has 7 nitrogen and oxygen atoms in total. The van der Waals surface area contributed by atoms with Crippen LogP contribution in [0.3, 0.4) is 0 Å². The molecule has 0 unspecified atom stereocenters. The first kappa shape index (κ1) is 20.8. The Bertz CT molecular complexity index is 1030. The van der Waals surface area contributed by atoms with Crippen LogP contribution in [-0.4, -0.2) is 58.0 Å². The van der Waals surface area contributed by atoms with Gasteiger partial charge in [0.15, 0.2) is 0 Å². The molecule has 0 saturated carbocycles. The number of nitrogens with zero attached hydrogens (tertiary/aromatic N) is 2. The fraction of sp³-hybridized carbons (Fsp3) is 0.381. The summed E-state index contributed by atoms with van der Waals surface area (Å²) in [6.07, 6.45) is 2.04. The number of halogens is 1. The van der Waals surface area contributed by atoms with Crippen molar-refractivity contribution in [3.8, 4) is 0 Å². The van der Waals surface area contributed by atoms with Crippen LogP contribution in [0.1, 0.15) is 23.2 Å². The number of anilines is 2. The number of hydrogen-bond donors (Lipinski definition) is 1. The molecule has 0 aliphatic carbocycles. The second-order valence-corrected chi connectivity index (χ2v) is 9.26. The average molecular weight is 434 g/mol. The third-order valence-corrected chi connectivity index (χ3v) is 7.28. The fourth-order valence-electron chi connectivity index (χ4n) is 3.78. The van der Waals surface area contributed by atoms with E-state index in [1.165, 1.54) is 34.6 Å². The van der Waals surface area contributed by atoms with E-state index in [-0.39, 0.29) is 29.2 Å². The number of amides is 1. The van der Waals surface area contributed by atoms with Gasteiger partial charge in [0.05, 0.1) is 23.8 Å². The van der Waals surface area contributed by atoms with Gasteiger partial charge in [0.2, 0.25) is 10.0 Å². The lowest BCUT2D eigenvalue weighted by Crippen LogP contribution is -2.40. The number of ether oxygens (including phenoxy) is 1. The highest BCUT2D eigenvalue weighted by Gasteiger charge is 2.27. The minimum absolute atomic E-state index is 0.0327. The zero-order valence-corrected chi connectivity index (χ0v) is 17.3. The molecule has 2 aromatic rings. The second kappa shape index (κ2) is 8.71. The largest absolute Gasteiger partial charge is 0.379 e. The summed E-state index contributed by atoms with van der Waals surface area (Å²) in [5.41, 5.74) is 0.906. The molecule has 0 aromatic heterocycles. The molecular formula is C21H24FN3O4S. The van der Waals surface area contributed by atoms with Crippen molar-refractivity contribution in [2.45, 2.75) is 17.7 Å². The Morgan fingerprint density at radius 3 is 2.43 bits per heavy atom. The number of rotatable bonds is 5. The van der Waals surface area contributed by atoms with Crippen molar-refractivity contribution in [2.24, 2.45) is 0 Å². The van der Waals surface area contributed by atoms with Gasteiger partial charge in [0.1, 0.15) is 11.5 Å². The molecule has 2 aromatic carbocycles. The number of hydrogen-bond acceptors (Lipinski definition) is 5. The van der Waals surface area contributed by atoms with Gasteiger partial charge in [0.25, 0.3) is 5.91 Å². The van der Waals surface area contributed by atoms with Gasteiger partial charge in [0, 0.05) is 31.7 Å². The van der Waals surface area contributed by atoms with E-state index in [0.29, 0.717) is 18.9 Å². The van der Waals surface area contributed by atoms with Gasteiger partial charge >= 0.3 is 0 Å². The van der Waals surface area contributed by atoms with E-state index in [2.05, 4.69) is 5.32 Å². The quantitative estimate of drug-likeness (QED) is 0.785. The van der Waals surface area contributed by atoms with E-state index in [1.54, 1.807) is 12.1 Å². The summed E-state index contributed by atoms with van der Waals surface area (Å²) in [5, 5.41) is 2.65. The van der Waals surface area contributed by atoms with Gasteiger partial charge in [-0.2, -0.15) is 4.31 Å². The third-order valence-electron chi connectivity index (χ3n) is 5.38. The van der Waals surface area contributed by atoms with Crippen molar-refractivity contribution in [1.29, 1.82) is 0 Å². The summed E-state index contributed by atoms with van der Waals surface area (Å²) < 4.78 is 46.8. The van der Waals surface area contributed by atoms with Crippen LogP contribution in [0.2, 0.25) is 0 Å². The van der Waals surface area contributed by atoms with Crippen LogP contribution in [0.15, 0.2) is 47.4 Å². The maximum absolute atomic E-state index is 14.5. The lowest BCUT2D eigenvalue weighted by atomic mass is 10.2. The molecule has 2 fully saturated rings. The summed E-state index contributed by atoms with van der Waals surface area (Å²) in [4.78, 5) is 14.9. The van der Waals surface area contributed by atoms with Crippen molar-refractivity contribution in [1.82, 2.24) is 4.31 Å². The molecule has 1 N–H and O–H groups in total. The van der Waals surface area contributed by atoms with Gasteiger partial charge in [-0.15, -0.1) is 0 Å². The summed E-state index contributed by atoms with van der Waals surface area (Å²) >= 11 is 0. The molecule has 2 heterocycles. The summed E-state index contributed by atoms with van der Waals surface area (Å²) in [6, 6.07) is 10.5. The first-order chi connectivity index (χ1) is 14.5. The van der Waals surface area contributed by atoms with Crippen LogP contribution in [0.5, 0.6) is 0 Å². The molecule has 1 amide bonds. The SMILES string of the molecule is O=C(Nc1c(F)cccc1N1CCCC1)c1cccc(S(=O)(=O)N2CCOCC2)c1. The topological polar surface area (TPSA) is 79.0 Å². The van der Waals surface area contributed by atoms with Crippen molar-refractivity contribution in [3.63, 3.8) is 0 Å². The van der Waals surface area contributed by atoms with Crippen LogP contribution >= 0.6 is 0 Å². The Morgan fingerprint density at radius 1 is 1.00 bits per heavy atom. The second-order valence-electron chi connectivity index (χ2n) is 7.33. The smallest absolute Gasteiger partial charge is 0.255 e. The Kier molecular flexibility index (Phi) is 6.03. The summed E-state index contributed by atoms with van der Waals surface area (Å²) in [7, 11) is -3.73. The average Bonchev–Trinajstić information content (AvgIpc) is 3.30. The normalized spacial score (nSPS) is 17.8. The molecule has 9 heteroatoms. The Labute approximate surface area is 175 Å². The van der Waals surface area contributed by atoms with Gasteiger partial charge in [-0.05, 0) is 43.2 Å². The minimum Gasteiger partial charge on any atom is -0.379 e. The maximum atomic E-state index is 14.5. The molecule has 2 saturated heterocycles. The number of carbonyl (C=O) groups excluding carboxylic acids is 1.